The van der Waals surface area contributed by atoms with Gasteiger partial charge in [-0.25, -0.2) is 0 Å². The lowest BCUT2D eigenvalue weighted by Gasteiger charge is -2.08. The molecule has 0 saturated heterocycles. The van der Waals surface area contributed by atoms with Crippen LogP contribution < -0.4 is 6.15 Å². The number of aliphatic carboxylic acids is 1. The Balaban J connectivity index is -0.000000386. The molecular weight excluding hydrogens is 594 g/mol. The lowest BCUT2D eigenvalue weighted by molar-refractivity contribution is -0.147. The second-order valence-corrected chi connectivity index (χ2v) is 13.8. The molecule has 0 spiro atoms. The van der Waals surface area contributed by atoms with Crippen LogP contribution in [0.4, 0.5) is 0 Å². The van der Waals surface area contributed by atoms with Gasteiger partial charge in [0.05, 0.1) is 6.61 Å². The summed E-state index contributed by atoms with van der Waals surface area (Å²) in [4.78, 5) is 21.7. The second kappa shape index (κ2) is 44.8. The van der Waals surface area contributed by atoms with Gasteiger partial charge in [0.2, 0.25) is 0 Å². The predicted molar refractivity (Wildman–Crippen MR) is 199 cm³/mol. The van der Waals surface area contributed by atoms with Gasteiger partial charge in [-0.05, 0) is 18.8 Å². The van der Waals surface area contributed by atoms with Crippen LogP contribution in [0.3, 0.4) is 0 Å². The number of carboxylic acids is 1. The molecule has 0 aromatic rings. The topological polar surface area (TPSA) is 171 Å². The fourth-order valence-corrected chi connectivity index (χ4v) is 5.55. The third-order valence-electron chi connectivity index (χ3n) is 8.55. The highest BCUT2D eigenvalue weighted by Crippen LogP contribution is 2.15. The highest BCUT2D eigenvalue weighted by atomic mass is 16.5. The van der Waals surface area contributed by atoms with Crippen molar-refractivity contribution in [3.63, 3.8) is 0 Å². The first-order chi connectivity index (χ1) is 21.8. The molecule has 0 amide bonds. The van der Waals surface area contributed by atoms with Crippen LogP contribution in [0.1, 0.15) is 213 Å². The minimum Gasteiger partial charge on any atom is -0.870 e. The molecule has 8 nitrogen and oxygen atoms in total. The van der Waals surface area contributed by atoms with E-state index in [0.29, 0.717) is 12.8 Å². The normalized spacial score (nSPS) is 11.3. The highest BCUT2D eigenvalue weighted by molar-refractivity contribution is 5.69. The Morgan fingerprint density at radius 2 is 0.872 bits per heavy atom. The van der Waals surface area contributed by atoms with Crippen LogP contribution in [-0.4, -0.2) is 52.1 Å². The summed E-state index contributed by atoms with van der Waals surface area (Å²) in [6.45, 7) is 6.41. The number of hydrogen-bond donors (Lipinski definition) is 4. The molecule has 0 radical (unpaired) electrons. The van der Waals surface area contributed by atoms with Gasteiger partial charge in [-0.2, -0.15) is 0 Å². The molecule has 0 aliphatic heterocycles. The Morgan fingerprint density at radius 1 is 0.553 bits per heavy atom. The van der Waals surface area contributed by atoms with Crippen molar-refractivity contribution >= 4 is 11.9 Å². The molecule has 47 heavy (non-hydrogen) atoms. The average molecular weight is 678 g/mol. The monoisotopic (exact) mass is 678 g/mol. The molecule has 0 fully saturated rings. The van der Waals surface area contributed by atoms with Crippen LogP contribution in [0, 0.1) is 5.92 Å². The second-order valence-electron chi connectivity index (χ2n) is 13.8. The van der Waals surface area contributed by atoms with Crippen molar-refractivity contribution in [1.29, 1.82) is 0 Å². The molecule has 8 heteroatoms. The number of carbonyl (C=O) groups is 2. The number of quaternary nitrogens is 1. The van der Waals surface area contributed by atoms with E-state index in [-0.39, 0.29) is 30.8 Å². The van der Waals surface area contributed by atoms with E-state index in [2.05, 4.69) is 20.8 Å². The average Bonchev–Trinajstić information content (AvgIpc) is 3.01. The molecule has 0 rings (SSSR count). The van der Waals surface area contributed by atoms with E-state index in [1.807, 2.05) is 0 Å². The maximum atomic E-state index is 11.4. The van der Waals surface area contributed by atoms with Crippen LogP contribution in [-0.2, 0) is 14.3 Å². The number of rotatable bonds is 34. The van der Waals surface area contributed by atoms with Crippen LogP contribution in [0.5, 0.6) is 0 Å². The number of carbonyl (C=O) groups excluding carboxylic acids is 1. The summed E-state index contributed by atoms with van der Waals surface area (Å²) < 4.78 is 4.86. The summed E-state index contributed by atoms with van der Waals surface area (Å²) in [5.41, 5.74) is 0. The van der Waals surface area contributed by atoms with Gasteiger partial charge in [-0.15, -0.1) is 0 Å². The summed E-state index contributed by atoms with van der Waals surface area (Å²) in [5, 5.41) is 26.2. The van der Waals surface area contributed by atoms with Crippen molar-refractivity contribution in [2.45, 2.75) is 219 Å². The molecule has 0 aliphatic carbocycles. The molecule has 0 bridgehead atoms. The van der Waals surface area contributed by atoms with Crippen LogP contribution in [0.25, 0.3) is 0 Å². The molecule has 0 saturated carbocycles. The highest BCUT2D eigenvalue weighted by Gasteiger charge is 2.07. The standard InChI is InChI=1S/C21H42O4.C18H36O2.H3N.H2O/c1-2-3-4-5-6-7-8-9-10-11-12-13-14-15-16-17-21(24)25-19-20(23)18-22;1-17(2)15-13-11-9-7-5-3-4-6-8-10-12-14-16-18(19)20;;/h20,22-23H,2-19H2,1H3;17H,3-16H2,1-2H3,(H,19,20);1H3;1H2. The van der Waals surface area contributed by atoms with E-state index in [4.69, 9.17) is 20.1 Å². The van der Waals surface area contributed by atoms with E-state index >= 15 is 0 Å². The van der Waals surface area contributed by atoms with Crippen molar-refractivity contribution in [3.05, 3.63) is 0 Å². The summed E-state index contributed by atoms with van der Waals surface area (Å²) in [7, 11) is 0. The van der Waals surface area contributed by atoms with Crippen LogP contribution in [0.2, 0.25) is 0 Å². The SMILES string of the molecule is CC(C)CCCCCCCCCCCCCCC(=O)O.CCCCCCCCCCCCCCCCCC(=O)OCC(O)CO.[NH4+].[OH-]. The van der Waals surface area contributed by atoms with E-state index in [9.17, 15) is 9.59 Å². The maximum absolute atomic E-state index is 11.4. The Morgan fingerprint density at radius 3 is 1.19 bits per heavy atom. The number of aliphatic hydroxyl groups is 2. The van der Waals surface area contributed by atoms with Crippen molar-refractivity contribution in [1.82, 2.24) is 6.15 Å². The molecule has 1 atom stereocenters. The fraction of sp³-hybridized carbons (Fsp3) is 0.949. The van der Waals surface area contributed by atoms with Gasteiger partial charge in [-0.3, -0.25) is 9.59 Å². The van der Waals surface area contributed by atoms with Gasteiger partial charge in [0.1, 0.15) is 12.7 Å². The Kier molecular flexibility index (Phi) is 50.1. The number of unbranched alkanes of at least 4 members (excludes halogenated alkanes) is 25. The maximum Gasteiger partial charge on any atom is 0.305 e. The number of aliphatic hydroxyl groups excluding tert-OH is 2. The van der Waals surface area contributed by atoms with Gasteiger partial charge in [-0.1, -0.05) is 188 Å². The quantitative estimate of drug-likeness (QED) is 0.0387. The summed E-state index contributed by atoms with van der Waals surface area (Å²) >= 11 is 0. The zero-order valence-corrected chi connectivity index (χ0v) is 31.8. The smallest absolute Gasteiger partial charge is 0.305 e. The summed E-state index contributed by atoms with van der Waals surface area (Å²) in [6, 6.07) is 0. The van der Waals surface area contributed by atoms with Gasteiger partial charge in [0.25, 0.3) is 0 Å². The fourth-order valence-electron chi connectivity index (χ4n) is 5.55. The zero-order chi connectivity index (χ0) is 33.6. The Labute approximate surface area is 291 Å². The van der Waals surface area contributed by atoms with E-state index in [0.717, 1.165) is 31.6 Å². The minimum atomic E-state index is -0.954. The van der Waals surface area contributed by atoms with Crippen LogP contribution in [0.15, 0.2) is 0 Å². The third-order valence-corrected chi connectivity index (χ3v) is 8.55. The summed E-state index contributed by atoms with van der Waals surface area (Å²) in [5.74, 6) is -0.0638. The van der Waals surface area contributed by atoms with Crippen molar-refractivity contribution in [3.8, 4) is 0 Å². The number of hydrogen-bond acceptors (Lipinski definition) is 6. The molecule has 0 heterocycles. The molecule has 286 valence electrons. The van der Waals surface area contributed by atoms with Gasteiger partial charge >= 0.3 is 11.9 Å². The number of carboxylic acid groups (broad SMARTS) is 1. The van der Waals surface area contributed by atoms with Crippen molar-refractivity contribution in [2.24, 2.45) is 5.92 Å². The molecule has 8 N–H and O–H groups in total. The third kappa shape index (κ3) is 51.8. The molecule has 0 aliphatic rings. The summed E-state index contributed by atoms with van der Waals surface area (Å²) in [6.07, 6.45) is 36.4. The van der Waals surface area contributed by atoms with E-state index in [1.54, 1.807) is 0 Å². The van der Waals surface area contributed by atoms with E-state index < -0.39 is 12.1 Å². The first kappa shape index (κ1) is 52.6. The molecule has 0 aromatic heterocycles. The Hall–Kier alpha value is -1.22. The first-order valence-electron chi connectivity index (χ1n) is 19.5. The number of esters is 1. The molecule has 1 unspecified atom stereocenters. The zero-order valence-electron chi connectivity index (χ0n) is 31.8. The van der Waals surface area contributed by atoms with Crippen molar-refractivity contribution < 1.29 is 35.1 Å². The first-order valence-corrected chi connectivity index (χ1v) is 19.5. The van der Waals surface area contributed by atoms with Crippen LogP contribution >= 0.6 is 0 Å². The lowest BCUT2D eigenvalue weighted by Crippen LogP contribution is -2.21. The van der Waals surface area contributed by atoms with Gasteiger partial charge in [0, 0.05) is 12.8 Å². The van der Waals surface area contributed by atoms with Gasteiger partial charge in [0.15, 0.2) is 0 Å². The van der Waals surface area contributed by atoms with Gasteiger partial charge < -0.3 is 31.7 Å². The lowest BCUT2D eigenvalue weighted by atomic mass is 10.0. The van der Waals surface area contributed by atoms with Crippen molar-refractivity contribution in [2.75, 3.05) is 13.2 Å². The Bertz CT molecular complexity index is 604. The molecular formula is C39H83NO7. The predicted octanol–water partition coefficient (Wildman–Crippen LogP) is 11.5. The van der Waals surface area contributed by atoms with E-state index in [1.165, 1.54) is 154 Å². The largest absolute Gasteiger partial charge is 0.870 e. The number of ether oxygens (including phenoxy) is 1. The minimum absolute atomic E-state index is 0. The molecule has 0 aromatic carbocycles.